The highest BCUT2D eigenvalue weighted by molar-refractivity contribution is 5.28. The van der Waals surface area contributed by atoms with E-state index in [0.717, 1.165) is 12.3 Å². The predicted molar refractivity (Wildman–Crippen MR) is 97.2 cm³/mol. The van der Waals surface area contributed by atoms with Crippen LogP contribution in [0.15, 0.2) is 36.8 Å². The molecule has 130 valence electrons. The molecule has 0 spiro atoms. The van der Waals surface area contributed by atoms with Crippen molar-refractivity contribution >= 4 is 0 Å². The van der Waals surface area contributed by atoms with Crippen LogP contribution in [0.1, 0.15) is 62.4 Å². The summed E-state index contributed by atoms with van der Waals surface area (Å²) in [4.78, 5) is 6.81. The maximum Gasteiger partial charge on any atom is 0.118 e. The fourth-order valence-corrected chi connectivity index (χ4v) is 3.67. The number of aromatic nitrogens is 2. The molecule has 1 aliphatic carbocycles. The molecule has 1 heterocycles. The average Bonchev–Trinajstić information content (AvgIpc) is 3.10. The van der Waals surface area contributed by atoms with Crippen LogP contribution in [0, 0.1) is 0 Å². The van der Waals surface area contributed by atoms with E-state index in [-0.39, 0.29) is 0 Å². The van der Waals surface area contributed by atoms with Crippen molar-refractivity contribution in [2.24, 2.45) is 0 Å². The third kappa shape index (κ3) is 3.81. The third-order valence-electron chi connectivity index (χ3n) is 5.39. The molecule has 1 unspecified atom stereocenters. The zero-order chi connectivity index (χ0) is 16.9. The smallest absolute Gasteiger partial charge is 0.118 e. The van der Waals surface area contributed by atoms with Crippen LogP contribution in [0.5, 0.6) is 5.75 Å². The van der Waals surface area contributed by atoms with Crippen molar-refractivity contribution in [3.8, 4) is 5.75 Å². The summed E-state index contributed by atoms with van der Waals surface area (Å²) >= 11 is 0. The van der Waals surface area contributed by atoms with E-state index in [9.17, 15) is 0 Å². The SMILES string of the molecule is COc1ccc(C(C)N(C)Cc2cncn2C2CCCCC2)cc1. The van der Waals surface area contributed by atoms with Crippen molar-refractivity contribution in [3.63, 3.8) is 0 Å². The molecule has 1 atom stereocenters. The van der Waals surface area contributed by atoms with Gasteiger partial charge in [-0.25, -0.2) is 4.98 Å². The Morgan fingerprint density at radius 3 is 2.58 bits per heavy atom. The van der Waals surface area contributed by atoms with Gasteiger partial charge in [0.25, 0.3) is 0 Å². The van der Waals surface area contributed by atoms with Gasteiger partial charge in [-0.15, -0.1) is 0 Å². The van der Waals surface area contributed by atoms with Gasteiger partial charge in [-0.2, -0.15) is 0 Å². The van der Waals surface area contributed by atoms with Gasteiger partial charge in [-0.1, -0.05) is 31.4 Å². The van der Waals surface area contributed by atoms with Gasteiger partial charge in [0.05, 0.1) is 19.1 Å². The summed E-state index contributed by atoms with van der Waals surface area (Å²) in [7, 11) is 3.89. The number of rotatable bonds is 6. The Labute approximate surface area is 145 Å². The first-order chi connectivity index (χ1) is 11.7. The van der Waals surface area contributed by atoms with E-state index in [2.05, 4.69) is 40.6 Å². The van der Waals surface area contributed by atoms with Crippen molar-refractivity contribution in [1.29, 1.82) is 0 Å². The topological polar surface area (TPSA) is 30.3 Å². The lowest BCUT2D eigenvalue weighted by atomic mass is 9.95. The number of hydrogen-bond acceptors (Lipinski definition) is 3. The van der Waals surface area contributed by atoms with Gasteiger partial charge in [0, 0.05) is 24.8 Å². The standard InChI is InChI=1S/C20H29N3O/c1-16(17-9-11-20(24-3)12-10-17)22(2)14-19-13-21-15-23(19)18-7-5-4-6-8-18/h9-13,15-16,18H,4-8,14H2,1-3H3. The Balaban J connectivity index is 1.67. The highest BCUT2D eigenvalue weighted by Crippen LogP contribution is 2.30. The second-order valence-corrected chi connectivity index (χ2v) is 6.95. The van der Waals surface area contributed by atoms with Crippen LogP contribution in [-0.4, -0.2) is 28.6 Å². The Bertz CT molecular complexity index is 629. The van der Waals surface area contributed by atoms with Crippen LogP contribution in [-0.2, 0) is 6.54 Å². The van der Waals surface area contributed by atoms with Crippen molar-refractivity contribution < 1.29 is 4.74 Å². The number of benzene rings is 1. The van der Waals surface area contributed by atoms with Gasteiger partial charge < -0.3 is 9.30 Å². The minimum atomic E-state index is 0.352. The number of imidazole rings is 1. The highest BCUT2D eigenvalue weighted by Gasteiger charge is 2.19. The summed E-state index contributed by atoms with van der Waals surface area (Å²) in [5.74, 6) is 0.906. The molecule has 3 rings (SSSR count). The first-order valence-electron chi connectivity index (χ1n) is 9.04. The van der Waals surface area contributed by atoms with E-state index in [1.165, 1.54) is 43.4 Å². The van der Waals surface area contributed by atoms with E-state index in [1.54, 1.807) is 7.11 Å². The largest absolute Gasteiger partial charge is 0.497 e. The summed E-state index contributed by atoms with van der Waals surface area (Å²) in [5, 5.41) is 0. The molecular weight excluding hydrogens is 298 g/mol. The first kappa shape index (κ1) is 17.0. The van der Waals surface area contributed by atoms with Gasteiger partial charge >= 0.3 is 0 Å². The van der Waals surface area contributed by atoms with Gasteiger partial charge in [-0.05, 0) is 44.5 Å². The second kappa shape index (κ2) is 7.84. The van der Waals surface area contributed by atoms with Crippen LogP contribution in [0.3, 0.4) is 0 Å². The van der Waals surface area contributed by atoms with Crippen LogP contribution < -0.4 is 4.74 Å². The van der Waals surface area contributed by atoms with Crippen molar-refractivity contribution in [1.82, 2.24) is 14.5 Å². The third-order valence-corrected chi connectivity index (χ3v) is 5.39. The molecule has 0 aliphatic heterocycles. The Morgan fingerprint density at radius 2 is 1.92 bits per heavy atom. The number of ether oxygens (including phenoxy) is 1. The number of nitrogens with zero attached hydrogens (tertiary/aromatic N) is 3. The molecule has 2 aromatic rings. The average molecular weight is 327 g/mol. The minimum Gasteiger partial charge on any atom is -0.497 e. The first-order valence-corrected chi connectivity index (χ1v) is 9.04. The van der Waals surface area contributed by atoms with Crippen LogP contribution in [0.25, 0.3) is 0 Å². The van der Waals surface area contributed by atoms with E-state index in [0.29, 0.717) is 12.1 Å². The molecule has 24 heavy (non-hydrogen) atoms. The second-order valence-electron chi connectivity index (χ2n) is 6.95. The molecular formula is C20H29N3O. The quantitative estimate of drug-likeness (QED) is 0.777. The van der Waals surface area contributed by atoms with Crippen molar-refractivity contribution in [2.45, 2.75) is 57.7 Å². The Morgan fingerprint density at radius 1 is 1.21 bits per heavy atom. The van der Waals surface area contributed by atoms with E-state index >= 15 is 0 Å². The molecule has 4 nitrogen and oxygen atoms in total. The number of hydrogen-bond donors (Lipinski definition) is 0. The molecule has 1 fully saturated rings. The molecule has 4 heteroatoms. The van der Waals surface area contributed by atoms with Crippen LogP contribution in [0.4, 0.5) is 0 Å². The molecule has 0 amide bonds. The van der Waals surface area contributed by atoms with Gasteiger partial charge in [-0.3, -0.25) is 4.90 Å². The van der Waals surface area contributed by atoms with Crippen LogP contribution in [0.2, 0.25) is 0 Å². The lowest BCUT2D eigenvalue weighted by Crippen LogP contribution is -2.24. The molecule has 0 bridgehead atoms. The van der Waals surface area contributed by atoms with Gasteiger partial charge in [0.2, 0.25) is 0 Å². The molecule has 1 aromatic heterocycles. The fraction of sp³-hybridized carbons (Fsp3) is 0.550. The monoisotopic (exact) mass is 327 g/mol. The summed E-state index contributed by atoms with van der Waals surface area (Å²) in [6, 6.07) is 9.36. The normalized spacial score (nSPS) is 17.2. The Kier molecular flexibility index (Phi) is 5.56. The van der Waals surface area contributed by atoms with Gasteiger partial charge in [0.15, 0.2) is 0 Å². The molecule has 0 N–H and O–H groups in total. The Hall–Kier alpha value is -1.81. The summed E-state index contributed by atoms with van der Waals surface area (Å²) in [6.07, 6.45) is 10.7. The van der Waals surface area contributed by atoms with E-state index in [1.807, 2.05) is 24.7 Å². The highest BCUT2D eigenvalue weighted by atomic mass is 16.5. The lowest BCUT2D eigenvalue weighted by Gasteiger charge is -2.28. The predicted octanol–water partition coefficient (Wildman–Crippen LogP) is 4.59. The maximum atomic E-state index is 5.25. The zero-order valence-electron chi connectivity index (χ0n) is 15.1. The fourth-order valence-electron chi connectivity index (χ4n) is 3.67. The molecule has 1 aliphatic rings. The maximum absolute atomic E-state index is 5.25. The van der Waals surface area contributed by atoms with E-state index < -0.39 is 0 Å². The summed E-state index contributed by atoms with van der Waals surface area (Å²) in [6.45, 7) is 3.17. The molecule has 1 saturated carbocycles. The minimum absolute atomic E-state index is 0.352. The molecule has 1 aromatic carbocycles. The molecule has 0 saturated heterocycles. The zero-order valence-corrected chi connectivity index (χ0v) is 15.1. The van der Waals surface area contributed by atoms with Crippen LogP contribution >= 0.6 is 0 Å². The summed E-state index contributed by atoms with van der Waals surface area (Å²) in [5.41, 5.74) is 2.63. The summed E-state index contributed by atoms with van der Waals surface area (Å²) < 4.78 is 7.67. The molecule has 0 radical (unpaired) electrons. The van der Waals surface area contributed by atoms with Crippen molar-refractivity contribution in [3.05, 3.63) is 48.0 Å². The van der Waals surface area contributed by atoms with Crippen molar-refractivity contribution in [2.75, 3.05) is 14.2 Å². The van der Waals surface area contributed by atoms with Gasteiger partial charge in [0.1, 0.15) is 5.75 Å². The number of methoxy groups -OCH3 is 1. The van der Waals surface area contributed by atoms with E-state index in [4.69, 9.17) is 4.74 Å². The lowest BCUT2D eigenvalue weighted by molar-refractivity contribution is 0.239.